The van der Waals surface area contributed by atoms with Crippen molar-refractivity contribution in [3.05, 3.63) is 12.2 Å². The highest BCUT2D eigenvalue weighted by molar-refractivity contribution is 5.92. The minimum Gasteiger partial charge on any atom is -0.327 e. The molecule has 0 unspecified atom stereocenters. The van der Waals surface area contributed by atoms with E-state index in [0.717, 1.165) is 6.42 Å². The molecule has 2 heteroatoms. The zero-order chi connectivity index (χ0) is 6.43. The highest BCUT2D eigenvalue weighted by atomic mass is 16.1. The lowest BCUT2D eigenvalue weighted by Crippen LogP contribution is -2.25. The molecule has 1 saturated carbocycles. The Kier molecular flexibility index (Phi) is 0.833. The van der Waals surface area contributed by atoms with Gasteiger partial charge in [0.1, 0.15) is 5.78 Å². The fraction of sp³-hybridized carbons (Fsp3) is 0.571. The molecule has 0 radical (unpaired) electrons. The number of carbonyl (C=O) groups excluding carboxylic acids is 1. The summed E-state index contributed by atoms with van der Waals surface area (Å²) in [5.74, 6) is 0.572. The van der Waals surface area contributed by atoms with E-state index in [0.29, 0.717) is 5.78 Å². The number of carbonyl (C=O) groups is 1. The normalized spacial score (nSPS) is 46.8. The number of fused-ring (bicyclic) bond motifs is 2. The first kappa shape index (κ1) is 5.18. The minimum atomic E-state index is 0.0648. The van der Waals surface area contributed by atoms with E-state index in [1.165, 1.54) is 0 Å². The van der Waals surface area contributed by atoms with Crippen LogP contribution in [0.1, 0.15) is 6.42 Å². The Bertz CT molecular complexity index is 185. The van der Waals surface area contributed by atoms with E-state index in [1.54, 1.807) is 0 Å². The van der Waals surface area contributed by atoms with Crippen molar-refractivity contribution in [3.63, 3.8) is 0 Å². The summed E-state index contributed by atoms with van der Waals surface area (Å²) in [6.07, 6.45) is 4.80. The molecule has 2 N–H and O–H groups in total. The predicted octanol–water partition coefficient (Wildman–Crippen LogP) is 0.0887. The number of allylic oxidation sites excluding steroid dienone is 1. The zero-order valence-electron chi connectivity index (χ0n) is 5.08. The van der Waals surface area contributed by atoms with Crippen LogP contribution >= 0.6 is 0 Å². The molecule has 2 nitrogen and oxygen atoms in total. The molecule has 0 amide bonds. The number of hydrogen-bond acceptors (Lipinski definition) is 2. The molecule has 3 atom stereocenters. The molecule has 2 aliphatic rings. The maximum absolute atomic E-state index is 11.0. The molecule has 0 saturated heterocycles. The first-order valence-corrected chi connectivity index (χ1v) is 3.26. The summed E-state index contributed by atoms with van der Waals surface area (Å²) in [6, 6.07) is 0.118. The fourth-order valence-corrected chi connectivity index (χ4v) is 1.68. The lowest BCUT2D eigenvalue weighted by molar-refractivity contribution is -0.120. The number of rotatable bonds is 0. The number of hydrogen-bond donors (Lipinski definition) is 1. The molecule has 0 heterocycles. The topological polar surface area (TPSA) is 43.1 Å². The number of Topliss-reactive ketones (excluding diaryl/α,β-unsaturated/α-hetero) is 1. The molecule has 2 rings (SSSR count). The van der Waals surface area contributed by atoms with Gasteiger partial charge in [-0.1, -0.05) is 12.2 Å². The Hall–Kier alpha value is -0.630. The SMILES string of the molecule is N[C@@H]1C[C@H]2C=C[C@@H]1C2=O. The second kappa shape index (κ2) is 1.45. The molecular formula is C7H9NO. The van der Waals surface area contributed by atoms with E-state index in [4.69, 9.17) is 5.73 Å². The predicted molar refractivity (Wildman–Crippen MR) is 33.7 cm³/mol. The second-order valence-electron chi connectivity index (χ2n) is 2.82. The third-order valence-electron chi connectivity index (χ3n) is 2.23. The summed E-state index contributed by atoms with van der Waals surface area (Å²) in [5.41, 5.74) is 5.64. The van der Waals surface area contributed by atoms with Gasteiger partial charge in [-0.25, -0.2) is 0 Å². The van der Waals surface area contributed by atoms with Gasteiger partial charge < -0.3 is 5.73 Å². The summed E-state index contributed by atoms with van der Waals surface area (Å²) < 4.78 is 0. The lowest BCUT2D eigenvalue weighted by Gasteiger charge is -2.08. The Morgan fingerprint density at radius 1 is 1.56 bits per heavy atom. The first-order valence-electron chi connectivity index (χ1n) is 3.26. The summed E-state index contributed by atoms with van der Waals surface area (Å²) in [7, 11) is 0. The summed E-state index contributed by atoms with van der Waals surface area (Å²) in [4.78, 5) is 11.0. The van der Waals surface area contributed by atoms with E-state index in [9.17, 15) is 4.79 Å². The van der Waals surface area contributed by atoms with Crippen LogP contribution in [0.5, 0.6) is 0 Å². The number of nitrogens with two attached hydrogens (primary N) is 1. The Morgan fingerprint density at radius 2 is 2.33 bits per heavy atom. The molecular weight excluding hydrogens is 114 g/mol. The largest absolute Gasteiger partial charge is 0.327 e. The Labute approximate surface area is 53.7 Å². The van der Waals surface area contributed by atoms with Crippen molar-refractivity contribution in [1.29, 1.82) is 0 Å². The van der Waals surface area contributed by atoms with E-state index in [-0.39, 0.29) is 17.9 Å². The highest BCUT2D eigenvalue weighted by Gasteiger charge is 2.41. The van der Waals surface area contributed by atoms with Gasteiger partial charge in [-0.05, 0) is 6.42 Å². The fourth-order valence-electron chi connectivity index (χ4n) is 1.68. The molecule has 2 bridgehead atoms. The van der Waals surface area contributed by atoms with Crippen molar-refractivity contribution in [2.75, 3.05) is 0 Å². The Balaban J connectivity index is 2.36. The first-order chi connectivity index (χ1) is 4.29. The van der Waals surface area contributed by atoms with Crippen LogP contribution in [0.2, 0.25) is 0 Å². The number of ketones is 1. The lowest BCUT2D eigenvalue weighted by atomic mass is 10.0. The molecule has 0 aliphatic heterocycles. The van der Waals surface area contributed by atoms with Crippen LogP contribution in [0.3, 0.4) is 0 Å². The standard InChI is InChI=1S/C7H9NO/c8-6-3-4-1-2-5(6)7(4)9/h1-2,4-6H,3,8H2/t4-,5+,6-/m1/s1. The molecule has 0 aromatic carbocycles. The average molecular weight is 123 g/mol. The van der Waals surface area contributed by atoms with E-state index < -0.39 is 0 Å². The van der Waals surface area contributed by atoms with Gasteiger partial charge in [0.05, 0.1) is 5.92 Å². The summed E-state index contributed by atoms with van der Waals surface area (Å²) in [6.45, 7) is 0. The third-order valence-corrected chi connectivity index (χ3v) is 2.23. The van der Waals surface area contributed by atoms with Crippen molar-refractivity contribution in [2.24, 2.45) is 17.6 Å². The minimum absolute atomic E-state index is 0.0648. The third kappa shape index (κ3) is 0.512. The van der Waals surface area contributed by atoms with Crippen molar-refractivity contribution in [3.8, 4) is 0 Å². The molecule has 1 fully saturated rings. The molecule has 0 spiro atoms. The van der Waals surface area contributed by atoms with Gasteiger partial charge in [0, 0.05) is 12.0 Å². The average Bonchev–Trinajstić information content (AvgIpc) is 2.25. The van der Waals surface area contributed by atoms with Gasteiger partial charge in [0.15, 0.2) is 0 Å². The second-order valence-corrected chi connectivity index (χ2v) is 2.82. The molecule has 2 aliphatic carbocycles. The van der Waals surface area contributed by atoms with Crippen LogP contribution in [0.15, 0.2) is 12.2 Å². The van der Waals surface area contributed by atoms with Crippen LogP contribution in [0, 0.1) is 11.8 Å². The zero-order valence-corrected chi connectivity index (χ0v) is 5.08. The molecule has 9 heavy (non-hydrogen) atoms. The van der Waals surface area contributed by atoms with Gasteiger partial charge >= 0.3 is 0 Å². The van der Waals surface area contributed by atoms with Crippen LogP contribution in [0.25, 0.3) is 0 Å². The Morgan fingerprint density at radius 3 is 2.56 bits per heavy atom. The van der Waals surface area contributed by atoms with E-state index in [2.05, 4.69) is 0 Å². The van der Waals surface area contributed by atoms with E-state index in [1.807, 2.05) is 12.2 Å². The van der Waals surface area contributed by atoms with Crippen molar-refractivity contribution < 1.29 is 4.79 Å². The quantitative estimate of drug-likeness (QED) is 0.464. The molecule has 0 aromatic rings. The molecule has 48 valence electrons. The van der Waals surface area contributed by atoms with Gasteiger partial charge in [-0.15, -0.1) is 0 Å². The summed E-state index contributed by atoms with van der Waals surface area (Å²) >= 11 is 0. The van der Waals surface area contributed by atoms with Crippen molar-refractivity contribution >= 4 is 5.78 Å². The van der Waals surface area contributed by atoms with Gasteiger partial charge in [0.25, 0.3) is 0 Å². The van der Waals surface area contributed by atoms with Crippen molar-refractivity contribution in [2.45, 2.75) is 12.5 Å². The summed E-state index contributed by atoms with van der Waals surface area (Å²) in [5, 5.41) is 0. The van der Waals surface area contributed by atoms with Gasteiger partial charge in [-0.3, -0.25) is 4.79 Å². The monoisotopic (exact) mass is 123 g/mol. The van der Waals surface area contributed by atoms with Crippen LogP contribution in [0.4, 0.5) is 0 Å². The van der Waals surface area contributed by atoms with Gasteiger partial charge in [0.2, 0.25) is 0 Å². The smallest absolute Gasteiger partial charge is 0.148 e. The highest BCUT2D eigenvalue weighted by Crippen LogP contribution is 2.34. The van der Waals surface area contributed by atoms with Gasteiger partial charge in [-0.2, -0.15) is 0 Å². The van der Waals surface area contributed by atoms with Crippen molar-refractivity contribution in [1.82, 2.24) is 0 Å². The molecule has 0 aromatic heterocycles. The van der Waals surface area contributed by atoms with E-state index >= 15 is 0 Å². The maximum atomic E-state index is 11.0. The van der Waals surface area contributed by atoms with Crippen LogP contribution < -0.4 is 5.73 Å². The maximum Gasteiger partial charge on any atom is 0.148 e. The van der Waals surface area contributed by atoms with Crippen LogP contribution in [-0.4, -0.2) is 11.8 Å². The van der Waals surface area contributed by atoms with Crippen LogP contribution in [-0.2, 0) is 4.79 Å².